The standard InChI is InChI=1S/C20H16Br2O4/c1-10(19(24)12-3-5-13(21)6-4-12)17-15-9-14(22)7-8-16(15)26-20(25)18(17)11(2)23/h3-10,17-18H,1-2H3/t10-,17-,18+/m1/s1. The van der Waals surface area contributed by atoms with Crippen molar-refractivity contribution in [3.8, 4) is 5.75 Å². The highest BCUT2D eigenvalue weighted by atomic mass is 79.9. The molecule has 0 bridgehead atoms. The molecular weight excluding hydrogens is 464 g/mol. The van der Waals surface area contributed by atoms with Crippen LogP contribution >= 0.6 is 31.9 Å². The van der Waals surface area contributed by atoms with Gasteiger partial charge in [0.1, 0.15) is 17.5 Å². The number of hydrogen-bond acceptors (Lipinski definition) is 4. The van der Waals surface area contributed by atoms with Crippen LogP contribution in [-0.4, -0.2) is 17.5 Å². The lowest BCUT2D eigenvalue weighted by atomic mass is 9.72. The zero-order chi connectivity index (χ0) is 19.0. The summed E-state index contributed by atoms with van der Waals surface area (Å²) in [6.07, 6.45) is 0. The van der Waals surface area contributed by atoms with Crippen LogP contribution in [0.4, 0.5) is 0 Å². The van der Waals surface area contributed by atoms with Crippen molar-refractivity contribution in [2.24, 2.45) is 11.8 Å². The van der Waals surface area contributed by atoms with Crippen molar-refractivity contribution in [3.05, 3.63) is 62.5 Å². The van der Waals surface area contributed by atoms with Gasteiger partial charge in [-0.25, -0.2) is 0 Å². The second-order valence-electron chi connectivity index (χ2n) is 6.38. The minimum atomic E-state index is -0.994. The second-order valence-corrected chi connectivity index (χ2v) is 8.21. The minimum Gasteiger partial charge on any atom is -0.426 e. The maximum Gasteiger partial charge on any atom is 0.322 e. The Morgan fingerprint density at radius 2 is 1.65 bits per heavy atom. The van der Waals surface area contributed by atoms with Crippen LogP contribution in [0.1, 0.15) is 35.7 Å². The Morgan fingerprint density at radius 1 is 1.04 bits per heavy atom. The number of esters is 1. The quantitative estimate of drug-likeness (QED) is 0.270. The first-order valence-corrected chi connectivity index (χ1v) is 9.69. The fraction of sp³-hybridized carbons (Fsp3) is 0.250. The number of carbonyl (C=O) groups is 3. The van der Waals surface area contributed by atoms with Crippen molar-refractivity contribution in [3.63, 3.8) is 0 Å². The number of ketones is 2. The first-order valence-electron chi connectivity index (χ1n) is 8.11. The van der Waals surface area contributed by atoms with Crippen LogP contribution in [0.3, 0.4) is 0 Å². The Hall–Kier alpha value is -1.79. The Morgan fingerprint density at radius 3 is 2.27 bits per heavy atom. The van der Waals surface area contributed by atoms with Gasteiger partial charge in [0.25, 0.3) is 0 Å². The SMILES string of the molecule is CC(=O)[C@@H]1C(=O)Oc2ccc(Br)cc2[C@H]1[C@@H](C)C(=O)c1ccc(Br)cc1. The summed E-state index contributed by atoms with van der Waals surface area (Å²) >= 11 is 6.77. The lowest BCUT2D eigenvalue weighted by Crippen LogP contribution is -2.40. The normalized spacial score (nSPS) is 20.1. The van der Waals surface area contributed by atoms with Crippen LogP contribution < -0.4 is 4.74 Å². The van der Waals surface area contributed by atoms with Crippen molar-refractivity contribution < 1.29 is 19.1 Å². The van der Waals surface area contributed by atoms with Gasteiger partial charge >= 0.3 is 5.97 Å². The van der Waals surface area contributed by atoms with E-state index in [0.717, 1.165) is 8.95 Å². The number of rotatable bonds is 4. The molecule has 0 aromatic heterocycles. The average Bonchev–Trinajstić information content (AvgIpc) is 2.60. The van der Waals surface area contributed by atoms with Crippen molar-refractivity contribution >= 4 is 49.4 Å². The van der Waals surface area contributed by atoms with Gasteiger partial charge in [0.2, 0.25) is 0 Å². The summed E-state index contributed by atoms with van der Waals surface area (Å²) in [5.41, 5.74) is 1.23. The molecule has 1 aliphatic heterocycles. The minimum absolute atomic E-state index is 0.116. The highest BCUT2D eigenvalue weighted by Crippen LogP contribution is 2.44. The zero-order valence-electron chi connectivity index (χ0n) is 14.2. The van der Waals surface area contributed by atoms with Gasteiger partial charge in [-0.1, -0.05) is 50.9 Å². The Balaban J connectivity index is 2.07. The monoisotopic (exact) mass is 478 g/mol. The molecule has 6 heteroatoms. The molecule has 0 aliphatic carbocycles. The highest BCUT2D eigenvalue weighted by Gasteiger charge is 2.45. The number of hydrogen-bond donors (Lipinski definition) is 0. The van der Waals surface area contributed by atoms with Gasteiger partial charge in [-0.05, 0) is 37.3 Å². The predicted molar refractivity (Wildman–Crippen MR) is 104 cm³/mol. The summed E-state index contributed by atoms with van der Waals surface area (Å²) in [6.45, 7) is 3.12. The van der Waals surface area contributed by atoms with Gasteiger partial charge < -0.3 is 4.74 Å². The molecule has 0 radical (unpaired) electrons. The Labute approximate surface area is 168 Å². The highest BCUT2D eigenvalue weighted by molar-refractivity contribution is 9.10. The molecule has 0 fully saturated rings. The molecule has 0 unspecified atom stereocenters. The smallest absolute Gasteiger partial charge is 0.322 e. The predicted octanol–water partition coefficient (Wildman–Crippen LogP) is 4.94. The van der Waals surface area contributed by atoms with Gasteiger partial charge in [0.05, 0.1) is 0 Å². The molecule has 0 amide bonds. The number of halogens is 2. The van der Waals surface area contributed by atoms with Gasteiger partial charge in [0, 0.05) is 31.9 Å². The Bertz CT molecular complexity index is 889. The van der Waals surface area contributed by atoms with E-state index in [1.807, 2.05) is 6.07 Å². The first kappa shape index (κ1) is 19.0. The third kappa shape index (κ3) is 3.53. The molecule has 1 heterocycles. The zero-order valence-corrected chi connectivity index (χ0v) is 17.3. The van der Waals surface area contributed by atoms with Crippen molar-refractivity contribution in [2.75, 3.05) is 0 Å². The number of Topliss-reactive ketones (excluding diaryl/α,β-unsaturated/α-hetero) is 2. The van der Waals surface area contributed by atoms with E-state index in [2.05, 4.69) is 31.9 Å². The van der Waals surface area contributed by atoms with Crippen LogP contribution in [0.5, 0.6) is 5.75 Å². The fourth-order valence-corrected chi connectivity index (χ4v) is 4.03. The van der Waals surface area contributed by atoms with Crippen LogP contribution in [-0.2, 0) is 9.59 Å². The topological polar surface area (TPSA) is 60.4 Å². The van der Waals surface area contributed by atoms with E-state index in [4.69, 9.17) is 4.74 Å². The summed E-state index contributed by atoms with van der Waals surface area (Å²) in [4.78, 5) is 37.7. The molecule has 2 aromatic rings. The maximum absolute atomic E-state index is 13.0. The number of carbonyl (C=O) groups excluding carboxylic acids is 3. The molecule has 3 atom stereocenters. The third-order valence-corrected chi connectivity index (χ3v) is 5.70. The molecule has 26 heavy (non-hydrogen) atoms. The molecule has 0 spiro atoms. The van der Waals surface area contributed by atoms with E-state index < -0.39 is 23.7 Å². The van der Waals surface area contributed by atoms with Crippen LogP contribution in [0.25, 0.3) is 0 Å². The molecule has 2 aromatic carbocycles. The fourth-order valence-electron chi connectivity index (χ4n) is 3.39. The van der Waals surface area contributed by atoms with Gasteiger partial charge in [-0.15, -0.1) is 0 Å². The lowest BCUT2D eigenvalue weighted by molar-refractivity contribution is -0.146. The van der Waals surface area contributed by atoms with Crippen molar-refractivity contribution in [1.29, 1.82) is 0 Å². The molecule has 134 valence electrons. The first-order chi connectivity index (χ1) is 12.3. The Kier molecular flexibility index (Phi) is 5.44. The average molecular weight is 480 g/mol. The molecule has 0 saturated carbocycles. The molecule has 4 nitrogen and oxygen atoms in total. The van der Waals surface area contributed by atoms with Crippen LogP contribution in [0.15, 0.2) is 51.4 Å². The second kappa shape index (κ2) is 7.45. The van der Waals surface area contributed by atoms with E-state index >= 15 is 0 Å². The van der Waals surface area contributed by atoms with Crippen LogP contribution in [0, 0.1) is 11.8 Å². The van der Waals surface area contributed by atoms with Gasteiger partial charge in [-0.3, -0.25) is 14.4 Å². The van der Waals surface area contributed by atoms with E-state index in [9.17, 15) is 14.4 Å². The molecule has 3 rings (SSSR count). The van der Waals surface area contributed by atoms with E-state index in [-0.39, 0.29) is 11.6 Å². The van der Waals surface area contributed by atoms with Crippen molar-refractivity contribution in [2.45, 2.75) is 19.8 Å². The summed E-state index contributed by atoms with van der Waals surface area (Å²) in [5.74, 6) is -2.76. The maximum atomic E-state index is 13.0. The summed E-state index contributed by atoms with van der Waals surface area (Å²) in [7, 11) is 0. The molecule has 1 aliphatic rings. The summed E-state index contributed by atoms with van der Waals surface area (Å²) in [6, 6.07) is 12.3. The summed E-state index contributed by atoms with van der Waals surface area (Å²) < 4.78 is 7.01. The number of ether oxygens (including phenoxy) is 1. The van der Waals surface area contributed by atoms with E-state index in [1.165, 1.54) is 6.92 Å². The third-order valence-electron chi connectivity index (χ3n) is 4.67. The molecule has 0 N–H and O–H groups in total. The van der Waals surface area contributed by atoms with Gasteiger partial charge in [-0.2, -0.15) is 0 Å². The van der Waals surface area contributed by atoms with Crippen molar-refractivity contribution in [1.82, 2.24) is 0 Å². The van der Waals surface area contributed by atoms with E-state index in [0.29, 0.717) is 16.9 Å². The number of benzene rings is 2. The summed E-state index contributed by atoms with van der Waals surface area (Å²) in [5, 5.41) is 0. The lowest BCUT2D eigenvalue weighted by Gasteiger charge is -2.34. The van der Waals surface area contributed by atoms with E-state index in [1.54, 1.807) is 43.3 Å². The van der Waals surface area contributed by atoms with Crippen LogP contribution in [0.2, 0.25) is 0 Å². The number of fused-ring (bicyclic) bond motifs is 1. The molecule has 0 saturated heterocycles. The van der Waals surface area contributed by atoms with Gasteiger partial charge in [0.15, 0.2) is 5.78 Å². The largest absolute Gasteiger partial charge is 0.426 e. The molecular formula is C20H16Br2O4.